The molecule has 0 aromatic carbocycles. The molecule has 0 spiro atoms. The van der Waals surface area contributed by atoms with E-state index >= 15 is 0 Å². The zero-order valence-electron chi connectivity index (χ0n) is 9.17. The molecular weight excluding hydrogens is 196 g/mol. The lowest BCUT2D eigenvalue weighted by atomic mass is 9.99. The number of aliphatic hydroxyl groups is 1. The molecular formula is C10H18N2O3. The van der Waals surface area contributed by atoms with Gasteiger partial charge in [-0.3, -0.25) is 9.59 Å². The van der Waals surface area contributed by atoms with Crippen LogP contribution in [-0.2, 0) is 9.59 Å². The van der Waals surface area contributed by atoms with Crippen molar-refractivity contribution >= 4 is 11.8 Å². The molecule has 5 nitrogen and oxygen atoms in total. The van der Waals surface area contributed by atoms with E-state index < -0.39 is 11.6 Å². The van der Waals surface area contributed by atoms with Gasteiger partial charge in [-0.1, -0.05) is 6.92 Å². The predicted molar refractivity (Wildman–Crippen MR) is 55.1 cm³/mol. The second kappa shape index (κ2) is 4.61. The summed E-state index contributed by atoms with van der Waals surface area (Å²) in [4.78, 5) is 22.6. The maximum absolute atomic E-state index is 11.7. The van der Waals surface area contributed by atoms with Crippen molar-refractivity contribution in [3.05, 3.63) is 0 Å². The summed E-state index contributed by atoms with van der Waals surface area (Å²) >= 11 is 0. The molecule has 1 saturated heterocycles. The molecule has 1 aliphatic rings. The molecule has 86 valence electrons. The molecule has 1 fully saturated rings. The highest BCUT2D eigenvalue weighted by molar-refractivity contribution is 5.91. The first-order chi connectivity index (χ1) is 7.00. The van der Waals surface area contributed by atoms with Crippen molar-refractivity contribution < 1.29 is 14.7 Å². The van der Waals surface area contributed by atoms with Crippen LogP contribution in [0.1, 0.15) is 33.1 Å². The van der Waals surface area contributed by atoms with E-state index in [4.69, 9.17) is 5.11 Å². The van der Waals surface area contributed by atoms with Gasteiger partial charge in [0.1, 0.15) is 6.04 Å². The normalized spacial score (nSPS) is 24.5. The van der Waals surface area contributed by atoms with Crippen LogP contribution in [0.15, 0.2) is 0 Å². The molecule has 0 aliphatic carbocycles. The van der Waals surface area contributed by atoms with Crippen molar-refractivity contribution in [2.45, 2.75) is 44.7 Å². The van der Waals surface area contributed by atoms with E-state index in [2.05, 4.69) is 10.6 Å². The number of hydrogen-bond donors (Lipinski definition) is 3. The van der Waals surface area contributed by atoms with Gasteiger partial charge in [0.15, 0.2) is 0 Å². The number of carbonyl (C=O) groups excluding carboxylic acids is 2. The van der Waals surface area contributed by atoms with Gasteiger partial charge < -0.3 is 15.7 Å². The molecule has 1 rings (SSSR count). The zero-order chi connectivity index (χ0) is 11.5. The van der Waals surface area contributed by atoms with E-state index in [9.17, 15) is 9.59 Å². The van der Waals surface area contributed by atoms with Gasteiger partial charge in [0.2, 0.25) is 11.8 Å². The van der Waals surface area contributed by atoms with Crippen molar-refractivity contribution in [1.82, 2.24) is 10.6 Å². The van der Waals surface area contributed by atoms with Crippen molar-refractivity contribution in [2.24, 2.45) is 0 Å². The first kappa shape index (κ1) is 12.0. The summed E-state index contributed by atoms with van der Waals surface area (Å²) in [5.74, 6) is -0.295. The molecule has 2 amide bonds. The molecule has 0 bridgehead atoms. The number of rotatable bonds is 4. The van der Waals surface area contributed by atoms with Crippen molar-refractivity contribution in [2.75, 3.05) is 6.61 Å². The summed E-state index contributed by atoms with van der Waals surface area (Å²) < 4.78 is 0. The van der Waals surface area contributed by atoms with Gasteiger partial charge in [-0.15, -0.1) is 0 Å². The Balaban J connectivity index is 2.51. The SMILES string of the molecule is CCC(C)(CO)NC(=O)[C@H]1CCC(=O)N1. The summed E-state index contributed by atoms with van der Waals surface area (Å²) in [6, 6.07) is -0.435. The summed E-state index contributed by atoms with van der Waals surface area (Å²) in [6.07, 6.45) is 1.59. The highest BCUT2D eigenvalue weighted by Crippen LogP contribution is 2.11. The van der Waals surface area contributed by atoms with Crippen LogP contribution in [0.25, 0.3) is 0 Å². The lowest BCUT2D eigenvalue weighted by Gasteiger charge is -2.28. The fourth-order valence-electron chi connectivity index (χ4n) is 1.44. The third kappa shape index (κ3) is 2.92. The maximum Gasteiger partial charge on any atom is 0.243 e. The quantitative estimate of drug-likeness (QED) is 0.592. The first-order valence-corrected chi connectivity index (χ1v) is 5.23. The van der Waals surface area contributed by atoms with E-state index in [0.29, 0.717) is 19.3 Å². The van der Waals surface area contributed by atoms with E-state index in [0.717, 1.165) is 0 Å². The average molecular weight is 214 g/mol. The van der Waals surface area contributed by atoms with Crippen LogP contribution in [-0.4, -0.2) is 35.1 Å². The fourth-order valence-corrected chi connectivity index (χ4v) is 1.44. The molecule has 5 heteroatoms. The lowest BCUT2D eigenvalue weighted by molar-refractivity contribution is -0.127. The van der Waals surface area contributed by atoms with Crippen LogP contribution in [0.2, 0.25) is 0 Å². The maximum atomic E-state index is 11.7. The molecule has 0 saturated carbocycles. The smallest absolute Gasteiger partial charge is 0.243 e. The van der Waals surface area contributed by atoms with Crippen LogP contribution in [0.3, 0.4) is 0 Å². The summed E-state index contributed by atoms with van der Waals surface area (Å²) in [5.41, 5.74) is -0.593. The van der Waals surface area contributed by atoms with Gasteiger partial charge in [0.25, 0.3) is 0 Å². The predicted octanol–water partition coefficient (Wildman–Crippen LogP) is -0.458. The van der Waals surface area contributed by atoms with E-state index in [1.54, 1.807) is 6.92 Å². The first-order valence-electron chi connectivity index (χ1n) is 5.23. The molecule has 0 radical (unpaired) electrons. The van der Waals surface area contributed by atoms with Crippen molar-refractivity contribution in [1.29, 1.82) is 0 Å². The van der Waals surface area contributed by atoms with Crippen LogP contribution in [0.5, 0.6) is 0 Å². The lowest BCUT2D eigenvalue weighted by Crippen LogP contribution is -2.53. The largest absolute Gasteiger partial charge is 0.394 e. The van der Waals surface area contributed by atoms with Crippen LogP contribution in [0.4, 0.5) is 0 Å². The molecule has 0 aromatic rings. The minimum Gasteiger partial charge on any atom is -0.394 e. The third-order valence-electron chi connectivity index (χ3n) is 2.87. The highest BCUT2D eigenvalue weighted by Gasteiger charge is 2.31. The Morgan fingerprint density at radius 3 is 2.80 bits per heavy atom. The standard InChI is InChI=1S/C10H18N2O3/c1-3-10(2,6-13)12-9(15)7-4-5-8(14)11-7/h7,13H,3-6H2,1-2H3,(H,11,14)(H,12,15)/t7-,10?/m1/s1. The van der Waals surface area contributed by atoms with Gasteiger partial charge in [0, 0.05) is 6.42 Å². The Morgan fingerprint density at radius 1 is 1.73 bits per heavy atom. The van der Waals surface area contributed by atoms with Gasteiger partial charge in [-0.2, -0.15) is 0 Å². The van der Waals surface area contributed by atoms with Crippen LogP contribution < -0.4 is 10.6 Å². The van der Waals surface area contributed by atoms with Crippen molar-refractivity contribution in [3.8, 4) is 0 Å². The molecule has 1 aliphatic heterocycles. The zero-order valence-corrected chi connectivity index (χ0v) is 9.17. The van der Waals surface area contributed by atoms with Gasteiger partial charge in [-0.25, -0.2) is 0 Å². The summed E-state index contributed by atoms with van der Waals surface area (Å²) in [5, 5.41) is 14.5. The van der Waals surface area contributed by atoms with Crippen LogP contribution in [0, 0.1) is 0 Å². The molecule has 2 atom stereocenters. The topological polar surface area (TPSA) is 78.4 Å². The van der Waals surface area contributed by atoms with Gasteiger partial charge >= 0.3 is 0 Å². The highest BCUT2D eigenvalue weighted by atomic mass is 16.3. The number of carbonyl (C=O) groups is 2. The Bertz CT molecular complexity index is 261. The number of aliphatic hydroxyl groups excluding tert-OH is 1. The second-order valence-corrected chi connectivity index (χ2v) is 4.22. The molecule has 15 heavy (non-hydrogen) atoms. The Hall–Kier alpha value is -1.10. The molecule has 0 aromatic heterocycles. The van der Waals surface area contributed by atoms with Crippen molar-refractivity contribution in [3.63, 3.8) is 0 Å². The molecule has 1 unspecified atom stereocenters. The monoisotopic (exact) mass is 214 g/mol. The molecule has 1 heterocycles. The number of amides is 2. The van der Waals surface area contributed by atoms with E-state index in [1.165, 1.54) is 0 Å². The average Bonchev–Trinajstić information content (AvgIpc) is 2.65. The van der Waals surface area contributed by atoms with Gasteiger partial charge in [0.05, 0.1) is 12.1 Å². The summed E-state index contributed by atoms with van der Waals surface area (Å²) in [6.45, 7) is 3.57. The fraction of sp³-hybridized carbons (Fsp3) is 0.800. The summed E-state index contributed by atoms with van der Waals surface area (Å²) in [7, 11) is 0. The number of nitrogens with one attached hydrogen (secondary N) is 2. The Morgan fingerprint density at radius 2 is 2.40 bits per heavy atom. The Labute approximate surface area is 89.2 Å². The van der Waals surface area contributed by atoms with Gasteiger partial charge in [-0.05, 0) is 19.8 Å². The van der Waals surface area contributed by atoms with E-state index in [1.807, 2.05) is 6.92 Å². The third-order valence-corrected chi connectivity index (χ3v) is 2.87. The molecule has 3 N–H and O–H groups in total. The van der Waals surface area contributed by atoms with Crippen LogP contribution >= 0.6 is 0 Å². The Kier molecular flexibility index (Phi) is 3.68. The minimum atomic E-state index is -0.593. The second-order valence-electron chi connectivity index (χ2n) is 4.22. The van der Waals surface area contributed by atoms with E-state index in [-0.39, 0.29) is 18.4 Å². The minimum absolute atomic E-state index is 0.0858. The number of hydrogen-bond acceptors (Lipinski definition) is 3.